The van der Waals surface area contributed by atoms with Gasteiger partial charge in [0.2, 0.25) is 11.8 Å². The van der Waals surface area contributed by atoms with Gasteiger partial charge in [-0.2, -0.15) is 0 Å². The van der Waals surface area contributed by atoms with E-state index in [9.17, 15) is 9.59 Å². The van der Waals surface area contributed by atoms with Crippen molar-refractivity contribution in [3.63, 3.8) is 0 Å². The molecule has 1 aromatic carbocycles. The molecule has 2 fully saturated rings. The highest BCUT2D eigenvalue weighted by atomic mass is 16.2. The van der Waals surface area contributed by atoms with Crippen LogP contribution in [0.2, 0.25) is 0 Å². The number of hydrogen-bond acceptors (Lipinski definition) is 2. The minimum absolute atomic E-state index is 0.0176. The molecule has 1 heterocycles. The van der Waals surface area contributed by atoms with Gasteiger partial charge in [-0.3, -0.25) is 9.59 Å². The van der Waals surface area contributed by atoms with Crippen LogP contribution in [0.1, 0.15) is 44.2 Å². The van der Waals surface area contributed by atoms with Crippen molar-refractivity contribution in [1.29, 1.82) is 0 Å². The van der Waals surface area contributed by atoms with E-state index in [1.54, 1.807) is 0 Å². The average molecular weight is 286 g/mol. The van der Waals surface area contributed by atoms with Crippen molar-refractivity contribution in [2.75, 3.05) is 6.54 Å². The van der Waals surface area contributed by atoms with Gasteiger partial charge >= 0.3 is 0 Å². The lowest BCUT2D eigenvalue weighted by Gasteiger charge is -2.27. The van der Waals surface area contributed by atoms with E-state index in [-0.39, 0.29) is 23.8 Å². The number of amides is 2. The number of nitrogens with one attached hydrogen (secondary N) is 1. The second-order valence-corrected chi connectivity index (χ2v) is 6.15. The molecule has 112 valence electrons. The van der Waals surface area contributed by atoms with Gasteiger partial charge in [-0.15, -0.1) is 0 Å². The van der Waals surface area contributed by atoms with Crippen LogP contribution in [0.15, 0.2) is 30.3 Å². The van der Waals surface area contributed by atoms with Crippen molar-refractivity contribution in [2.45, 2.75) is 44.7 Å². The Balaban J connectivity index is 1.80. The smallest absolute Gasteiger partial charge is 0.250 e. The Bertz CT molecular complexity index is 525. The molecule has 0 radical (unpaired) electrons. The number of rotatable bonds is 4. The van der Waals surface area contributed by atoms with E-state index in [0.717, 1.165) is 37.8 Å². The zero-order valence-electron chi connectivity index (χ0n) is 12.4. The van der Waals surface area contributed by atoms with Crippen LogP contribution in [0.5, 0.6) is 0 Å². The van der Waals surface area contributed by atoms with Crippen molar-refractivity contribution in [2.24, 2.45) is 5.92 Å². The summed E-state index contributed by atoms with van der Waals surface area (Å²) in [5.74, 6) is 0.157. The van der Waals surface area contributed by atoms with Gasteiger partial charge in [0, 0.05) is 18.5 Å². The maximum absolute atomic E-state index is 12.8. The average Bonchev–Trinajstić information content (AvgIpc) is 3.27. The first-order chi connectivity index (χ1) is 10.2. The minimum atomic E-state index is -0.542. The summed E-state index contributed by atoms with van der Waals surface area (Å²) in [6.07, 6.45) is 3.98. The first-order valence-electron chi connectivity index (χ1n) is 7.82. The molecular weight excluding hydrogens is 264 g/mol. The molecule has 4 nitrogen and oxygen atoms in total. The molecule has 21 heavy (non-hydrogen) atoms. The van der Waals surface area contributed by atoms with Gasteiger partial charge in [0.15, 0.2) is 0 Å². The summed E-state index contributed by atoms with van der Waals surface area (Å²) in [4.78, 5) is 26.9. The SMILES string of the molecule is C[C@@H]1CCCN1C(=O)[C@H](NC(=O)C1CC1)c1ccccc1. The van der Waals surface area contributed by atoms with Gasteiger partial charge in [-0.1, -0.05) is 30.3 Å². The van der Waals surface area contributed by atoms with Crippen molar-refractivity contribution in [3.05, 3.63) is 35.9 Å². The normalized spacial score (nSPS) is 22.9. The Hall–Kier alpha value is -1.84. The number of hydrogen-bond donors (Lipinski definition) is 1. The van der Waals surface area contributed by atoms with E-state index in [4.69, 9.17) is 0 Å². The van der Waals surface area contributed by atoms with Crippen LogP contribution < -0.4 is 5.32 Å². The van der Waals surface area contributed by atoms with Gasteiger partial charge in [-0.25, -0.2) is 0 Å². The molecule has 1 aromatic rings. The highest BCUT2D eigenvalue weighted by molar-refractivity contribution is 5.90. The molecule has 1 saturated carbocycles. The van der Waals surface area contributed by atoms with E-state index in [0.29, 0.717) is 0 Å². The minimum Gasteiger partial charge on any atom is -0.340 e. The molecule has 0 bridgehead atoms. The summed E-state index contributed by atoms with van der Waals surface area (Å²) in [5, 5.41) is 2.96. The zero-order valence-corrected chi connectivity index (χ0v) is 12.4. The Morgan fingerprint density at radius 2 is 1.90 bits per heavy atom. The van der Waals surface area contributed by atoms with E-state index < -0.39 is 6.04 Å². The molecule has 2 atom stereocenters. The fraction of sp³-hybridized carbons (Fsp3) is 0.529. The van der Waals surface area contributed by atoms with Gasteiger partial charge in [0.25, 0.3) is 0 Å². The predicted octanol–water partition coefficient (Wildman–Crippen LogP) is 2.26. The van der Waals surface area contributed by atoms with Crippen LogP contribution in [0.3, 0.4) is 0 Å². The number of nitrogens with zero attached hydrogens (tertiary/aromatic N) is 1. The van der Waals surface area contributed by atoms with Gasteiger partial charge in [0.1, 0.15) is 6.04 Å². The van der Waals surface area contributed by atoms with E-state index in [1.807, 2.05) is 35.2 Å². The Kier molecular flexibility index (Phi) is 3.95. The molecule has 2 amide bonds. The largest absolute Gasteiger partial charge is 0.340 e. The Morgan fingerprint density at radius 1 is 1.19 bits per heavy atom. The zero-order chi connectivity index (χ0) is 14.8. The highest BCUT2D eigenvalue weighted by Crippen LogP contribution is 2.30. The van der Waals surface area contributed by atoms with Crippen LogP contribution in [0.4, 0.5) is 0 Å². The summed E-state index contributed by atoms with van der Waals surface area (Å²) in [5.41, 5.74) is 0.871. The van der Waals surface area contributed by atoms with Gasteiger partial charge in [0.05, 0.1) is 0 Å². The van der Waals surface area contributed by atoms with Crippen LogP contribution in [-0.2, 0) is 9.59 Å². The number of carbonyl (C=O) groups excluding carboxylic acids is 2. The molecule has 0 aromatic heterocycles. The van der Waals surface area contributed by atoms with Crippen LogP contribution >= 0.6 is 0 Å². The lowest BCUT2D eigenvalue weighted by molar-refractivity contribution is -0.137. The Labute approximate surface area is 125 Å². The Morgan fingerprint density at radius 3 is 2.48 bits per heavy atom. The molecule has 1 N–H and O–H groups in total. The summed E-state index contributed by atoms with van der Waals surface area (Å²) >= 11 is 0. The molecule has 2 aliphatic rings. The standard InChI is InChI=1S/C17H22N2O2/c1-12-6-5-11-19(12)17(21)15(13-7-3-2-4-8-13)18-16(20)14-9-10-14/h2-4,7-8,12,14-15H,5-6,9-11H2,1H3,(H,18,20)/t12-,15-/m1/s1. The van der Waals surface area contributed by atoms with Gasteiger partial charge < -0.3 is 10.2 Å². The fourth-order valence-electron chi connectivity index (χ4n) is 2.97. The molecule has 3 rings (SSSR count). The molecule has 0 spiro atoms. The van der Waals surface area contributed by atoms with Crippen molar-refractivity contribution in [3.8, 4) is 0 Å². The lowest BCUT2D eigenvalue weighted by atomic mass is 10.0. The molecule has 1 aliphatic carbocycles. The molecular formula is C17H22N2O2. The van der Waals surface area contributed by atoms with Crippen LogP contribution in [-0.4, -0.2) is 29.3 Å². The number of likely N-dealkylation sites (tertiary alicyclic amines) is 1. The second kappa shape index (κ2) is 5.88. The molecule has 1 aliphatic heterocycles. The highest BCUT2D eigenvalue weighted by Gasteiger charge is 2.36. The second-order valence-electron chi connectivity index (χ2n) is 6.15. The van der Waals surface area contributed by atoms with Crippen LogP contribution in [0.25, 0.3) is 0 Å². The molecule has 0 unspecified atom stereocenters. The fourth-order valence-corrected chi connectivity index (χ4v) is 2.97. The van der Waals surface area contributed by atoms with E-state index >= 15 is 0 Å². The van der Waals surface area contributed by atoms with Crippen molar-refractivity contribution < 1.29 is 9.59 Å². The van der Waals surface area contributed by atoms with E-state index in [1.165, 1.54) is 0 Å². The van der Waals surface area contributed by atoms with Gasteiger partial charge in [-0.05, 0) is 38.2 Å². The van der Waals surface area contributed by atoms with Crippen LogP contribution in [0, 0.1) is 5.92 Å². The quantitative estimate of drug-likeness (QED) is 0.923. The predicted molar refractivity (Wildman–Crippen MR) is 80.5 cm³/mol. The van der Waals surface area contributed by atoms with E-state index in [2.05, 4.69) is 12.2 Å². The number of carbonyl (C=O) groups is 2. The first kappa shape index (κ1) is 14.1. The third-order valence-electron chi connectivity index (χ3n) is 4.45. The molecule has 1 saturated heterocycles. The lowest BCUT2D eigenvalue weighted by Crippen LogP contribution is -2.44. The van der Waals surface area contributed by atoms with Crippen molar-refractivity contribution >= 4 is 11.8 Å². The maximum Gasteiger partial charge on any atom is 0.250 e. The van der Waals surface area contributed by atoms with Crippen molar-refractivity contribution in [1.82, 2.24) is 10.2 Å². The summed E-state index contributed by atoms with van der Waals surface area (Å²) in [7, 11) is 0. The summed E-state index contributed by atoms with van der Waals surface area (Å²) in [6.45, 7) is 2.87. The third kappa shape index (κ3) is 3.09. The topological polar surface area (TPSA) is 49.4 Å². The number of benzene rings is 1. The monoisotopic (exact) mass is 286 g/mol. The molecule has 4 heteroatoms. The summed E-state index contributed by atoms with van der Waals surface area (Å²) in [6, 6.07) is 9.29. The first-order valence-corrected chi connectivity index (χ1v) is 7.82. The third-order valence-corrected chi connectivity index (χ3v) is 4.45. The summed E-state index contributed by atoms with van der Waals surface area (Å²) < 4.78 is 0. The maximum atomic E-state index is 12.8.